The van der Waals surface area contributed by atoms with Gasteiger partial charge in [-0.25, -0.2) is 0 Å². The molecule has 0 aliphatic rings. The maximum Gasteiger partial charge on any atom is 0.301 e. The number of carbonyl (C=O) groups is 1. The number of nitrogens with zero attached hydrogens (tertiary/aromatic N) is 3. The lowest BCUT2D eigenvalue weighted by molar-refractivity contribution is 0.101. The van der Waals surface area contributed by atoms with Crippen molar-refractivity contribution in [1.82, 2.24) is 14.9 Å². The van der Waals surface area contributed by atoms with Gasteiger partial charge >= 0.3 is 5.91 Å². The summed E-state index contributed by atoms with van der Waals surface area (Å²) in [5.41, 5.74) is 4.61. The van der Waals surface area contributed by atoms with Crippen LogP contribution in [0, 0.1) is 13.8 Å². The van der Waals surface area contributed by atoms with Crippen LogP contribution in [0.3, 0.4) is 0 Å². The van der Waals surface area contributed by atoms with Crippen LogP contribution in [-0.4, -0.2) is 20.8 Å². The molecular formula is C9H9ClN4OS. The molecule has 0 saturated heterocycles. The van der Waals surface area contributed by atoms with Gasteiger partial charge < -0.3 is 0 Å². The molecule has 0 bridgehead atoms. The van der Waals surface area contributed by atoms with Crippen molar-refractivity contribution in [2.45, 2.75) is 13.8 Å². The summed E-state index contributed by atoms with van der Waals surface area (Å²) in [5, 5.41) is 7.49. The first-order valence-electron chi connectivity index (χ1n) is 4.53. The first-order valence-corrected chi connectivity index (χ1v) is 5.72. The van der Waals surface area contributed by atoms with E-state index in [0.717, 1.165) is 22.7 Å². The Morgan fingerprint density at radius 3 is 2.50 bits per heavy atom. The van der Waals surface area contributed by atoms with E-state index in [2.05, 4.69) is 15.6 Å². The number of halogens is 1. The minimum Gasteiger partial charge on any atom is -0.265 e. The van der Waals surface area contributed by atoms with Crippen LogP contribution in [0.1, 0.15) is 21.2 Å². The Morgan fingerprint density at radius 1 is 1.38 bits per heavy atom. The van der Waals surface area contributed by atoms with E-state index < -0.39 is 0 Å². The van der Waals surface area contributed by atoms with E-state index in [9.17, 15) is 4.79 Å². The number of carbonyl (C=O) groups excluding carboxylic acids is 1. The number of rotatable bonds is 2. The lowest BCUT2D eigenvalue weighted by atomic mass is 10.5. The Balaban J connectivity index is 2.20. The van der Waals surface area contributed by atoms with Gasteiger partial charge in [0.25, 0.3) is 0 Å². The van der Waals surface area contributed by atoms with E-state index in [4.69, 9.17) is 11.6 Å². The molecule has 0 aliphatic carbocycles. The van der Waals surface area contributed by atoms with Gasteiger partial charge in [0.1, 0.15) is 0 Å². The van der Waals surface area contributed by atoms with Gasteiger partial charge in [-0.3, -0.25) is 14.9 Å². The number of nitrogens with one attached hydrogen (secondary N) is 1. The molecule has 2 aromatic heterocycles. The highest BCUT2D eigenvalue weighted by atomic mass is 35.5. The maximum absolute atomic E-state index is 11.7. The molecule has 84 valence electrons. The Bertz CT molecular complexity index is 514. The van der Waals surface area contributed by atoms with Crippen LogP contribution in [0.2, 0.25) is 4.47 Å². The van der Waals surface area contributed by atoms with E-state index in [-0.39, 0.29) is 15.4 Å². The standard InChI is InChI=1S/C9H9ClN4OS/c1-5-3-4-6(2)14(5)13-7(15)8-11-12-9(10)16-8/h3-4H,1-2H3,(H,13,15). The predicted molar refractivity (Wildman–Crippen MR) is 62.5 cm³/mol. The highest BCUT2D eigenvalue weighted by Crippen LogP contribution is 2.15. The second kappa shape index (κ2) is 4.23. The first kappa shape index (κ1) is 11.1. The van der Waals surface area contributed by atoms with Crippen LogP contribution in [0.4, 0.5) is 0 Å². The van der Waals surface area contributed by atoms with Gasteiger partial charge in [0, 0.05) is 11.4 Å². The third kappa shape index (κ3) is 2.07. The fourth-order valence-electron chi connectivity index (χ4n) is 1.29. The van der Waals surface area contributed by atoms with E-state index in [1.165, 1.54) is 0 Å². The highest BCUT2D eigenvalue weighted by molar-refractivity contribution is 7.17. The van der Waals surface area contributed by atoms with Crippen LogP contribution in [0.25, 0.3) is 0 Å². The third-order valence-electron chi connectivity index (χ3n) is 2.08. The maximum atomic E-state index is 11.7. The molecular weight excluding hydrogens is 248 g/mol. The van der Waals surface area contributed by atoms with Crippen molar-refractivity contribution >= 4 is 28.8 Å². The quantitative estimate of drug-likeness (QED) is 0.894. The Hall–Kier alpha value is -1.40. The fourth-order valence-corrected chi connectivity index (χ4v) is 2.01. The molecule has 0 saturated carbocycles. The molecule has 2 heterocycles. The topological polar surface area (TPSA) is 59.8 Å². The second-order valence-electron chi connectivity index (χ2n) is 3.25. The Labute approximate surface area is 101 Å². The zero-order valence-corrected chi connectivity index (χ0v) is 10.3. The molecule has 16 heavy (non-hydrogen) atoms. The molecule has 0 radical (unpaired) electrons. The summed E-state index contributed by atoms with van der Waals surface area (Å²) >= 11 is 6.65. The largest absolute Gasteiger partial charge is 0.301 e. The smallest absolute Gasteiger partial charge is 0.265 e. The van der Waals surface area contributed by atoms with Crippen molar-refractivity contribution in [2.75, 3.05) is 5.43 Å². The summed E-state index contributed by atoms with van der Waals surface area (Å²) in [7, 11) is 0. The molecule has 2 aromatic rings. The monoisotopic (exact) mass is 256 g/mol. The Kier molecular flexibility index (Phi) is 2.93. The average Bonchev–Trinajstić information content (AvgIpc) is 2.79. The summed E-state index contributed by atoms with van der Waals surface area (Å²) in [6.07, 6.45) is 0. The lowest BCUT2D eigenvalue weighted by Crippen LogP contribution is -2.24. The van der Waals surface area contributed by atoms with Gasteiger partial charge in [-0.1, -0.05) is 11.3 Å². The lowest BCUT2D eigenvalue weighted by Gasteiger charge is -2.08. The molecule has 5 nitrogen and oxygen atoms in total. The van der Waals surface area contributed by atoms with E-state index in [1.54, 1.807) is 4.68 Å². The van der Waals surface area contributed by atoms with Gasteiger partial charge in [0.2, 0.25) is 9.47 Å². The molecule has 0 fully saturated rings. The number of aromatic nitrogens is 3. The third-order valence-corrected chi connectivity index (χ3v) is 3.10. The molecule has 1 amide bonds. The van der Waals surface area contributed by atoms with Crippen molar-refractivity contribution in [2.24, 2.45) is 0 Å². The van der Waals surface area contributed by atoms with Crippen molar-refractivity contribution in [3.63, 3.8) is 0 Å². The van der Waals surface area contributed by atoms with E-state index >= 15 is 0 Å². The average molecular weight is 257 g/mol. The SMILES string of the molecule is Cc1ccc(C)n1NC(=O)c1nnc(Cl)s1. The van der Waals surface area contributed by atoms with Crippen LogP contribution in [-0.2, 0) is 0 Å². The second-order valence-corrected chi connectivity index (χ2v) is 4.81. The molecule has 0 spiro atoms. The number of amides is 1. The van der Waals surface area contributed by atoms with Crippen molar-refractivity contribution in [3.05, 3.63) is 33.0 Å². The summed E-state index contributed by atoms with van der Waals surface area (Å²) in [6, 6.07) is 3.84. The van der Waals surface area contributed by atoms with E-state index in [0.29, 0.717) is 0 Å². The zero-order chi connectivity index (χ0) is 11.7. The molecule has 2 rings (SSSR count). The van der Waals surface area contributed by atoms with Gasteiger partial charge in [-0.2, -0.15) is 0 Å². The summed E-state index contributed by atoms with van der Waals surface area (Å²) in [4.78, 5) is 11.7. The summed E-state index contributed by atoms with van der Waals surface area (Å²) in [6.45, 7) is 3.81. The van der Waals surface area contributed by atoms with Crippen molar-refractivity contribution in [3.8, 4) is 0 Å². The molecule has 0 unspecified atom stereocenters. The predicted octanol–water partition coefficient (Wildman–Crippen LogP) is 1.99. The molecule has 1 N–H and O–H groups in total. The van der Waals surface area contributed by atoms with Gasteiger partial charge in [-0.05, 0) is 37.6 Å². The fraction of sp³-hybridized carbons (Fsp3) is 0.222. The van der Waals surface area contributed by atoms with Gasteiger partial charge in [0.05, 0.1) is 0 Å². The Morgan fingerprint density at radius 2 is 2.00 bits per heavy atom. The number of aryl methyl sites for hydroxylation is 2. The van der Waals surface area contributed by atoms with Crippen molar-refractivity contribution < 1.29 is 4.79 Å². The van der Waals surface area contributed by atoms with Crippen molar-refractivity contribution in [1.29, 1.82) is 0 Å². The minimum absolute atomic E-state index is 0.248. The van der Waals surface area contributed by atoms with E-state index in [1.807, 2.05) is 26.0 Å². The summed E-state index contributed by atoms with van der Waals surface area (Å²) < 4.78 is 1.95. The van der Waals surface area contributed by atoms with Gasteiger partial charge in [0.15, 0.2) is 0 Å². The number of hydrogen-bond donors (Lipinski definition) is 1. The zero-order valence-electron chi connectivity index (χ0n) is 8.69. The van der Waals surface area contributed by atoms with Crippen LogP contribution in [0.5, 0.6) is 0 Å². The van der Waals surface area contributed by atoms with Gasteiger partial charge in [-0.15, -0.1) is 10.2 Å². The molecule has 0 atom stereocenters. The normalized spacial score (nSPS) is 10.4. The minimum atomic E-state index is -0.313. The molecule has 7 heteroatoms. The van der Waals surface area contributed by atoms with Crippen LogP contribution < -0.4 is 5.43 Å². The first-order chi connectivity index (χ1) is 7.58. The molecule has 0 aromatic carbocycles. The highest BCUT2D eigenvalue weighted by Gasteiger charge is 2.13. The van der Waals surface area contributed by atoms with Crippen LogP contribution in [0.15, 0.2) is 12.1 Å². The molecule has 0 aliphatic heterocycles. The summed E-state index contributed by atoms with van der Waals surface area (Å²) in [5.74, 6) is -0.313. The van der Waals surface area contributed by atoms with Crippen LogP contribution >= 0.6 is 22.9 Å². The number of hydrogen-bond acceptors (Lipinski definition) is 4.